The minimum absolute atomic E-state index is 0.118. The predicted octanol–water partition coefficient (Wildman–Crippen LogP) is -0.930. The van der Waals surface area contributed by atoms with Crippen LogP contribution in [-0.2, 0) is 14.4 Å². The molecule has 0 saturated heterocycles. The molecule has 1 atom stereocenters. The normalized spacial score (nSPS) is 11.4. The minimum atomic E-state index is -1.32. The Morgan fingerprint density at radius 1 is 1.09 bits per heavy atom. The first-order valence-corrected chi connectivity index (χ1v) is 10.3. The Bertz CT molecular complexity index is 928. The highest BCUT2D eigenvalue weighted by Crippen LogP contribution is 2.05. The van der Waals surface area contributed by atoms with Crippen LogP contribution in [0.4, 0.5) is 9.18 Å². The van der Waals surface area contributed by atoms with Crippen molar-refractivity contribution >= 4 is 23.8 Å². The number of primary amides is 1. The average molecular weight is 456 g/mol. The number of carbonyl (C=O) groups excluding carboxylic acids is 4. The summed E-state index contributed by atoms with van der Waals surface area (Å²) in [6.45, 7) is 1.80. The molecule has 1 rings (SSSR count). The van der Waals surface area contributed by atoms with Gasteiger partial charge in [-0.05, 0) is 6.42 Å². The molecule has 1 heterocycles. The molecular formula is C19H29FN6O6. The number of amides is 4. The number of hydrogen-bond acceptors (Lipinski definition) is 6. The van der Waals surface area contributed by atoms with Gasteiger partial charge in [-0.3, -0.25) is 24.2 Å². The molecular weight excluding hydrogens is 427 g/mol. The van der Waals surface area contributed by atoms with Crippen molar-refractivity contribution < 1.29 is 23.6 Å². The Balaban J connectivity index is 2.50. The van der Waals surface area contributed by atoms with Gasteiger partial charge < -0.3 is 21.7 Å². The monoisotopic (exact) mass is 456 g/mol. The summed E-state index contributed by atoms with van der Waals surface area (Å²) in [5.74, 6) is -3.15. The summed E-state index contributed by atoms with van der Waals surface area (Å²) in [5, 5.41) is 7.15. The van der Waals surface area contributed by atoms with E-state index in [-0.39, 0.29) is 25.4 Å². The van der Waals surface area contributed by atoms with E-state index in [1.54, 1.807) is 4.98 Å². The van der Waals surface area contributed by atoms with Gasteiger partial charge in [-0.15, -0.1) is 0 Å². The van der Waals surface area contributed by atoms with Crippen LogP contribution in [0.3, 0.4) is 0 Å². The highest BCUT2D eigenvalue weighted by molar-refractivity contribution is 5.91. The molecule has 1 aromatic rings. The van der Waals surface area contributed by atoms with E-state index < -0.39 is 47.4 Å². The van der Waals surface area contributed by atoms with Crippen LogP contribution in [0.1, 0.15) is 51.9 Å². The number of nitrogens with zero attached hydrogens (tertiary/aromatic N) is 1. The molecule has 0 saturated carbocycles. The zero-order chi connectivity index (χ0) is 24.1. The van der Waals surface area contributed by atoms with E-state index in [1.807, 2.05) is 0 Å². The Kier molecular flexibility index (Phi) is 11.4. The lowest BCUT2D eigenvalue weighted by molar-refractivity contribution is -0.131. The van der Waals surface area contributed by atoms with E-state index in [4.69, 9.17) is 5.73 Å². The molecule has 6 N–H and O–H groups in total. The Labute approximate surface area is 183 Å². The van der Waals surface area contributed by atoms with Gasteiger partial charge in [-0.25, -0.2) is 14.2 Å². The second-order valence-corrected chi connectivity index (χ2v) is 7.08. The molecule has 1 unspecified atom stereocenters. The van der Waals surface area contributed by atoms with Gasteiger partial charge in [0.05, 0.1) is 12.6 Å². The number of H-pyrrole nitrogens is 1. The molecule has 0 aliphatic heterocycles. The first-order valence-electron chi connectivity index (χ1n) is 10.3. The molecule has 4 amide bonds. The van der Waals surface area contributed by atoms with E-state index in [0.717, 1.165) is 25.7 Å². The van der Waals surface area contributed by atoms with Gasteiger partial charge in [0.25, 0.3) is 5.56 Å². The van der Waals surface area contributed by atoms with Crippen LogP contribution in [0.15, 0.2) is 15.8 Å². The topological polar surface area (TPSA) is 185 Å². The molecule has 0 spiro atoms. The first kappa shape index (κ1) is 26.5. The lowest BCUT2D eigenvalue weighted by Gasteiger charge is -2.17. The number of halogens is 1. The molecule has 0 aromatic carbocycles. The van der Waals surface area contributed by atoms with Gasteiger partial charge in [-0.2, -0.15) is 4.39 Å². The van der Waals surface area contributed by atoms with Gasteiger partial charge in [0.2, 0.25) is 23.5 Å². The van der Waals surface area contributed by atoms with Crippen LogP contribution in [0.2, 0.25) is 0 Å². The maximum absolute atomic E-state index is 13.2. The smallest absolute Gasteiger partial charge is 0.336 e. The highest BCUT2D eigenvalue weighted by Gasteiger charge is 2.22. The van der Waals surface area contributed by atoms with Gasteiger partial charge in [0, 0.05) is 19.5 Å². The maximum Gasteiger partial charge on any atom is 0.336 e. The average Bonchev–Trinajstić information content (AvgIpc) is 2.72. The van der Waals surface area contributed by atoms with Crippen molar-refractivity contribution in [2.45, 2.75) is 57.9 Å². The third-order valence-electron chi connectivity index (χ3n) is 4.38. The van der Waals surface area contributed by atoms with E-state index in [1.165, 1.54) is 0 Å². The van der Waals surface area contributed by atoms with Gasteiger partial charge in [0.1, 0.15) is 6.04 Å². The highest BCUT2D eigenvalue weighted by atomic mass is 19.1. The zero-order valence-corrected chi connectivity index (χ0v) is 17.9. The number of aromatic amines is 1. The second-order valence-electron chi connectivity index (χ2n) is 7.08. The summed E-state index contributed by atoms with van der Waals surface area (Å²) < 4.78 is 13.6. The van der Waals surface area contributed by atoms with Gasteiger partial charge >= 0.3 is 11.7 Å². The minimum Gasteiger partial charge on any atom is -0.370 e. The number of nitrogens with two attached hydrogens (primary N) is 1. The number of aromatic nitrogens is 2. The van der Waals surface area contributed by atoms with Crippen molar-refractivity contribution in [1.29, 1.82) is 0 Å². The number of unbranched alkanes of at least 4 members (excludes halogenated alkanes) is 4. The Morgan fingerprint density at radius 2 is 1.75 bits per heavy atom. The largest absolute Gasteiger partial charge is 0.370 e. The standard InChI is InChI=1S/C19H29FN6O6/c1-2-3-4-5-6-7-15(28)24-13(10-14(21)27)17(30)22-8-9-23-18(31)26-11-12(20)16(29)25-19(26)32/h11,13H,2-10H2,1H3,(H2,21,27)(H,22,30)(H,23,31)(H,24,28)(H,25,29,32). The lowest BCUT2D eigenvalue weighted by Crippen LogP contribution is -2.50. The van der Waals surface area contributed by atoms with Crippen LogP contribution < -0.4 is 32.9 Å². The fourth-order valence-corrected chi connectivity index (χ4v) is 2.73. The van der Waals surface area contributed by atoms with Crippen molar-refractivity contribution in [3.05, 3.63) is 32.9 Å². The Morgan fingerprint density at radius 3 is 2.41 bits per heavy atom. The first-order chi connectivity index (χ1) is 15.1. The Hall–Kier alpha value is -3.51. The molecule has 1 aromatic heterocycles. The molecule has 0 bridgehead atoms. The molecule has 178 valence electrons. The van der Waals surface area contributed by atoms with E-state index in [9.17, 15) is 33.2 Å². The number of nitrogens with one attached hydrogen (secondary N) is 4. The van der Waals surface area contributed by atoms with Crippen LogP contribution in [0.5, 0.6) is 0 Å². The van der Waals surface area contributed by atoms with Gasteiger partial charge in [0.15, 0.2) is 0 Å². The number of rotatable bonds is 13. The van der Waals surface area contributed by atoms with E-state index in [2.05, 4.69) is 22.9 Å². The summed E-state index contributed by atoms with van der Waals surface area (Å²) in [6, 6.07) is -2.19. The van der Waals surface area contributed by atoms with Crippen molar-refractivity contribution in [3.8, 4) is 0 Å². The summed E-state index contributed by atoms with van der Waals surface area (Å²) in [4.78, 5) is 71.6. The fourth-order valence-electron chi connectivity index (χ4n) is 2.73. The summed E-state index contributed by atoms with van der Waals surface area (Å²) in [5.41, 5.74) is 2.76. The van der Waals surface area contributed by atoms with Crippen LogP contribution in [0.25, 0.3) is 0 Å². The number of carbonyl (C=O) groups is 4. The van der Waals surface area contributed by atoms with Crippen molar-refractivity contribution in [2.24, 2.45) is 5.73 Å². The maximum atomic E-state index is 13.2. The second kappa shape index (κ2) is 13.7. The van der Waals surface area contributed by atoms with E-state index in [0.29, 0.717) is 17.2 Å². The van der Waals surface area contributed by atoms with E-state index >= 15 is 0 Å². The molecule has 12 nitrogen and oxygen atoms in total. The summed E-state index contributed by atoms with van der Waals surface area (Å²) >= 11 is 0. The lowest BCUT2D eigenvalue weighted by atomic mass is 10.1. The summed E-state index contributed by atoms with van der Waals surface area (Å²) in [7, 11) is 0. The SMILES string of the molecule is CCCCCCCC(=O)NC(CC(N)=O)C(=O)NCCNC(=O)n1cc(F)c(=O)[nH]c1=O. The third kappa shape index (κ3) is 9.53. The molecule has 0 aliphatic carbocycles. The van der Waals surface area contributed by atoms with Crippen LogP contribution in [0, 0.1) is 5.82 Å². The van der Waals surface area contributed by atoms with Crippen LogP contribution >= 0.6 is 0 Å². The van der Waals surface area contributed by atoms with Crippen molar-refractivity contribution in [1.82, 2.24) is 25.5 Å². The molecule has 0 aliphatic rings. The number of hydrogen-bond donors (Lipinski definition) is 5. The molecule has 32 heavy (non-hydrogen) atoms. The van der Waals surface area contributed by atoms with Crippen molar-refractivity contribution in [2.75, 3.05) is 13.1 Å². The van der Waals surface area contributed by atoms with Gasteiger partial charge in [-0.1, -0.05) is 32.6 Å². The van der Waals surface area contributed by atoms with Crippen molar-refractivity contribution in [3.63, 3.8) is 0 Å². The third-order valence-corrected chi connectivity index (χ3v) is 4.38. The zero-order valence-electron chi connectivity index (χ0n) is 17.9. The molecule has 0 radical (unpaired) electrons. The molecule has 0 fully saturated rings. The van der Waals surface area contributed by atoms with Crippen LogP contribution in [-0.4, -0.2) is 52.4 Å². The fraction of sp³-hybridized carbons (Fsp3) is 0.579. The summed E-state index contributed by atoms with van der Waals surface area (Å²) in [6.07, 6.45) is 4.97. The quantitative estimate of drug-likeness (QED) is 0.239. The predicted molar refractivity (Wildman–Crippen MR) is 112 cm³/mol. The molecule has 13 heteroatoms.